The topological polar surface area (TPSA) is 38.8 Å². The van der Waals surface area contributed by atoms with Crippen molar-refractivity contribution < 1.29 is 14.0 Å². The Labute approximate surface area is 136 Å². The molecular formula is C17H31NO3Si. The molecule has 0 aromatic rings. The van der Waals surface area contributed by atoms with Gasteiger partial charge in [0.15, 0.2) is 5.88 Å². The lowest BCUT2D eigenvalue weighted by atomic mass is 10.0. The van der Waals surface area contributed by atoms with Crippen molar-refractivity contribution in [3.8, 4) is 0 Å². The Kier molecular flexibility index (Phi) is 5.55. The van der Waals surface area contributed by atoms with Gasteiger partial charge in [-0.2, -0.15) is 0 Å². The fraction of sp³-hybridized carbons (Fsp3) is 0.706. The highest BCUT2D eigenvalue weighted by atomic mass is 28.4. The molecule has 1 saturated heterocycles. The number of amides is 1. The quantitative estimate of drug-likeness (QED) is 0.410. The van der Waals surface area contributed by atoms with Gasteiger partial charge in [-0.25, -0.2) is 9.69 Å². The van der Waals surface area contributed by atoms with E-state index >= 15 is 0 Å². The zero-order chi connectivity index (χ0) is 17.3. The van der Waals surface area contributed by atoms with Gasteiger partial charge in [-0.3, -0.25) is 0 Å². The van der Waals surface area contributed by atoms with Crippen LogP contribution < -0.4 is 0 Å². The molecule has 126 valence electrons. The van der Waals surface area contributed by atoms with Crippen LogP contribution in [0.25, 0.3) is 0 Å². The van der Waals surface area contributed by atoms with E-state index in [1.54, 1.807) is 11.0 Å². The summed E-state index contributed by atoms with van der Waals surface area (Å²) in [4.78, 5) is 13.9. The van der Waals surface area contributed by atoms with Gasteiger partial charge in [0, 0.05) is 5.57 Å². The zero-order valence-corrected chi connectivity index (χ0v) is 16.3. The summed E-state index contributed by atoms with van der Waals surface area (Å²) < 4.78 is 11.7. The molecule has 1 atom stereocenters. The molecule has 1 fully saturated rings. The smallest absolute Gasteiger partial charge is 0.417 e. The highest BCUT2D eigenvalue weighted by molar-refractivity contribution is 6.74. The maximum absolute atomic E-state index is 12.3. The van der Waals surface area contributed by atoms with E-state index in [1.165, 1.54) is 0 Å². The lowest BCUT2D eigenvalue weighted by Crippen LogP contribution is -2.46. The number of carbonyl (C=O) groups excluding carboxylic acids is 1. The molecule has 0 unspecified atom stereocenters. The van der Waals surface area contributed by atoms with Crippen molar-refractivity contribution in [2.24, 2.45) is 5.92 Å². The van der Waals surface area contributed by atoms with Crippen molar-refractivity contribution in [1.29, 1.82) is 0 Å². The Hall–Kier alpha value is -1.23. The van der Waals surface area contributed by atoms with E-state index in [0.29, 0.717) is 18.4 Å². The van der Waals surface area contributed by atoms with Crippen LogP contribution in [-0.4, -0.2) is 32.0 Å². The van der Waals surface area contributed by atoms with Gasteiger partial charge in [0.1, 0.15) is 6.61 Å². The average molecular weight is 326 g/mol. The first-order chi connectivity index (χ1) is 9.92. The van der Waals surface area contributed by atoms with Crippen LogP contribution in [0.1, 0.15) is 41.5 Å². The largest absolute Gasteiger partial charge is 0.531 e. The summed E-state index contributed by atoms with van der Waals surface area (Å²) >= 11 is 0. The maximum Gasteiger partial charge on any atom is 0.417 e. The fourth-order valence-corrected chi connectivity index (χ4v) is 3.01. The SMILES string of the molecule is C=C/C(C)=C(\O[Si](C)(C)C(C)(C)C)N1C(=O)OC[C@@H]1C(C)C. The number of rotatable bonds is 5. The Morgan fingerprint density at radius 1 is 1.45 bits per heavy atom. The third kappa shape index (κ3) is 3.75. The van der Waals surface area contributed by atoms with Crippen molar-refractivity contribution in [2.75, 3.05) is 6.61 Å². The average Bonchev–Trinajstić information content (AvgIpc) is 2.75. The molecule has 1 aliphatic rings. The maximum atomic E-state index is 12.3. The Morgan fingerprint density at radius 2 is 2.00 bits per heavy atom. The number of hydrogen-bond donors (Lipinski definition) is 0. The van der Waals surface area contributed by atoms with Gasteiger partial charge >= 0.3 is 6.09 Å². The molecule has 1 amide bonds. The molecule has 1 rings (SSSR count). The molecule has 0 N–H and O–H groups in total. The highest BCUT2D eigenvalue weighted by Gasteiger charge is 2.44. The van der Waals surface area contributed by atoms with Crippen LogP contribution in [0.3, 0.4) is 0 Å². The van der Waals surface area contributed by atoms with Crippen LogP contribution >= 0.6 is 0 Å². The standard InChI is InChI=1S/C17H31NO3Si/c1-10-13(4)15(21-22(8,9)17(5,6)7)18-14(12(2)3)11-20-16(18)19/h10,12,14H,1,11H2,2-9H3/b15-13-/t14-/m1/s1. The van der Waals surface area contributed by atoms with E-state index in [4.69, 9.17) is 9.16 Å². The van der Waals surface area contributed by atoms with E-state index in [1.807, 2.05) is 6.92 Å². The number of carbonyl (C=O) groups is 1. The summed E-state index contributed by atoms with van der Waals surface area (Å²) in [6, 6.07) is 0.00201. The highest BCUT2D eigenvalue weighted by Crippen LogP contribution is 2.40. The molecule has 0 bridgehead atoms. The summed E-state index contributed by atoms with van der Waals surface area (Å²) in [5, 5.41) is 0.0522. The summed E-state index contributed by atoms with van der Waals surface area (Å²) in [5.41, 5.74) is 0.870. The first kappa shape index (κ1) is 18.8. The van der Waals surface area contributed by atoms with Gasteiger partial charge in [-0.15, -0.1) is 0 Å². The summed E-state index contributed by atoms with van der Waals surface area (Å²) in [7, 11) is -2.06. The normalized spacial score (nSPS) is 20.9. The lowest BCUT2D eigenvalue weighted by molar-refractivity contribution is 0.146. The number of allylic oxidation sites excluding steroid dienone is 2. The molecule has 0 aromatic heterocycles. The third-order valence-corrected chi connectivity index (χ3v) is 9.01. The zero-order valence-electron chi connectivity index (χ0n) is 15.3. The van der Waals surface area contributed by atoms with Crippen LogP contribution in [0.5, 0.6) is 0 Å². The molecular weight excluding hydrogens is 294 g/mol. The molecule has 5 heteroatoms. The summed E-state index contributed by atoms with van der Waals surface area (Å²) in [6.45, 7) is 21.3. The Morgan fingerprint density at radius 3 is 2.41 bits per heavy atom. The molecule has 0 aromatic carbocycles. The first-order valence-electron chi connectivity index (χ1n) is 7.90. The van der Waals surface area contributed by atoms with Gasteiger partial charge in [-0.1, -0.05) is 47.3 Å². The van der Waals surface area contributed by atoms with Gasteiger partial charge < -0.3 is 9.16 Å². The van der Waals surface area contributed by atoms with Crippen molar-refractivity contribution >= 4 is 14.4 Å². The van der Waals surface area contributed by atoms with Crippen LogP contribution in [0.15, 0.2) is 24.1 Å². The van der Waals surface area contributed by atoms with Crippen LogP contribution in [0.2, 0.25) is 18.1 Å². The number of hydrogen-bond acceptors (Lipinski definition) is 3. The molecule has 0 spiro atoms. The fourth-order valence-electron chi connectivity index (χ4n) is 1.96. The van der Waals surface area contributed by atoms with Gasteiger partial charge in [0.2, 0.25) is 0 Å². The van der Waals surface area contributed by atoms with Gasteiger partial charge in [0.05, 0.1) is 6.04 Å². The van der Waals surface area contributed by atoms with Crippen molar-refractivity contribution in [3.05, 3.63) is 24.1 Å². The predicted molar refractivity (Wildman–Crippen MR) is 93.0 cm³/mol. The second-order valence-corrected chi connectivity index (χ2v) is 12.5. The second kappa shape index (κ2) is 6.48. The molecule has 4 nitrogen and oxygen atoms in total. The lowest BCUT2D eigenvalue weighted by Gasteiger charge is -2.40. The molecule has 22 heavy (non-hydrogen) atoms. The predicted octanol–water partition coefficient (Wildman–Crippen LogP) is 4.90. The summed E-state index contributed by atoms with van der Waals surface area (Å²) in [6.07, 6.45) is 1.42. The Bertz CT molecular complexity index is 475. The second-order valence-electron chi connectivity index (χ2n) is 7.81. The molecule has 0 radical (unpaired) electrons. The molecule has 0 aliphatic carbocycles. The van der Waals surface area contributed by atoms with Crippen LogP contribution in [-0.2, 0) is 9.16 Å². The molecule has 0 saturated carbocycles. The van der Waals surface area contributed by atoms with Crippen LogP contribution in [0, 0.1) is 5.92 Å². The van der Waals surface area contributed by atoms with Gasteiger partial charge in [0.25, 0.3) is 8.32 Å². The van der Waals surface area contributed by atoms with E-state index in [2.05, 4.69) is 54.3 Å². The molecule has 1 aliphatic heterocycles. The van der Waals surface area contributed by atoms with Crippen molar-refractivity contribution in [1.82, 2.24) is 4.90 Å². The van der Waals surface area contributed by atoms with E-state index in [-0.39, 0.29) is 17.2 Å². The monoisotopic (exact) mass is 325 g/mol. The number of ether oxygens (including phenoxy) is 1. The van der Waals surface area contributed by atoms with Crippen molar-refractivity contribution in [3.63, 3.8) is 0 Å². The number of cyclic esters (lactones) is 1. The Balaban J connectivity index is 3.26. The minimum atomic E-state index is -2.06. The summed E-state index contributed by atoms with van der Waals surface area (Å²) in [5.74, 6) is 0.907. The van der Waals surface area contributed by atoms with E-state index < -0.39 is 8.32 Å². The van der Waals surface area contributed by atoms with E-state index in [0.717, 1.165) is 5.57 Å². The van der Waals surface area contributed by atoms with Crippen LogP contribution in [0.4, 0.5) is 4.79 Å². The van der Waals surface area contributed by atoms with Gasteiger partial charge in [-0.05, 0) is 31.0 Å². The molecule has 1 heterocycles. The van der Waals surface area contributed by atoms with E-state index in [9.17, 15) is 4.79 Å². The minimum absolute atomic E-state index is 0.00201. The van der Waals surface area contributed by atoms with Crippen molar-refractivity contribution in [2.45, 2.75) is 65.7 Å². The third-order valence-electron chi connectivity index (χ3n) is 4.70. The number of nitrogens with zero attached hydrogens (tertiary/aromatic N) is 1. The minimum Gasteiger partial charge on any atom is -0.531 e. The first-order valence-corrected chi connectivity index (χ1v) is 10.8.